The van der Waals surface area contributed by atoms with Crippen LogP contribution in [0.2, 0.25) is 0 Å². The maximum Gasteiger partial charge on any atom is 0.573 e. The van der Waals surface area contributed by atoms with Crippen LogP contribution in [-0.4, -0.2) is 13.4 Å². The van der Waals surface area contributed by atoms with Gasteiger partial charge in [-0.25, -0.2) is 0 Å². The summed E-state index contributed by atoms with van der Waals surface area (Å²) in [6.07, 6.45) is -2.76. The SMILES string of the molecule is C/C=C(\NC)c1cccc(Nc2cccc(OC(F)(F)F)c2)c1. The van der Waals surface area contributed by atoms with Gasteiger partial charge in [0.25, 0.3) is 0 Å². The quantitative estimate of drug-likeness (QED) is 0.820. The van der Waals surface area contributed by atoms with Gasteiger partial charge in [0, 0.05) is 30.2 Å². The molecule has 0 saturated carbocycles. The molecular weight excluding hydrogens is 305 g/mol. The molecule has 0 spiro atoms. The van der Waals surface area contributed by atoms with Crippen molar-refractivity contribution in [1.29, 1.82) is 0 Å². The number of allylic oxidation sites excluding steroid dienone is 1. The van der Waals surface area contributed by atoms with E-state index in [-0.39, 0.29) is 5.75 Å². The Morgan fingerprint density at radius 1 is 1.04 bits per heavy atom. The molecule has 3 nitrogen and oxygen atoms in total. The normalized spacial score (nSPS) is 12.0. The highest BCUT2D eigenvalue weighted by molar-refractivity contribution is 5.70. The molecule has 2 aromatic carbocycles. The van der Waals surface area contributed by atoms with E-state index in [0.717, 1.165) is 16.9 Å². The molecule has 2 rings (SSSR count). The molecule has 0 aliphatic carbocycles. The first-order chi connectivity index (χ1) is 10.9. The molecule has 0 fully saturated rings. The number of halogens is 3. The first-order valence-corrected chi connectivity index (χ1v) is 6.98. The van der Waals surface area contributed by atoms with Crippen molar-refractivity contribution in [3.05, 3.63) is 60.2 Å². The van der Waals surface area contributed by atoms with E-state index in [1.165, 1.54) is 18.2 Å². The number of hydrogen-bond donors (Lipinski definition) is 2. The molecule has 0 saturated heterocycles. The molecule has 0 aromatic heterocycles. The van der Waals surface area contributed by atoms with Crippen LogP contribution in [0.15, 0.2) is 54.6 Å². The summed E-state index contributed by atoms with van der Waals surface area (Å²) in [7, 11) is 1.83. The third-order valence-corrected chi connectivity index (χ3v) is 3.09. The van der Waals surface area contributed by atoms with Gasteiger partial charge in [-0.05, 0) is 36.8 Å². The molecule has 122 valence electrons. The van der Waals surface area contributed by atoms with E-state index in [1.807, 2.05) is 44.3 Å². The molecule has 0 aliphatic heterocycles. The van der Waals surface area contributed by atoms with Crippen molar-refractivity contribution in [3.63, 3.8) is 0 Å². The smallest absolute Gasteiger partial charge is 0.406 e. The Labute approximate surface area is 132 Å². The van der Waals surface area contributed by atoms with E-state index in [1.54, 1.807) is 6.07 Å². The highest BCUT2D eigenvalue weighted by atomic mass is 19.4. The van der Waals surface area contributed by atoms with Crippen molar-refractivity contribution in [2.75, 3.05) is 12.4 Å². The Balaban J connectivity index is 2.19. The third kappa shape index (κ3) is 4.95. The van der Waals surface area contributed by atoms with Crippen molar-refractivity contribution in [1.82, 2.24) is 5.32 Å². The lowest BCUT2D eigenvalue weighted by atomic mass is 10.1. The van der Waals surface area contributed by atoms with E-state index in [2.05, 4.69) is 15.4 Å². The minimum absolute atomic E-state index is 0.261. The minimum atomic E-state index is -4.70. The second-order valence-electron chi connectivity index (χ2n) is 4.73. The molecule has 0 unspecified atom stereocenters. The molecule has 0 aliphatic rings. The van der Waals surface area contributed by atoms with Crippen LogP contribution in [0, 0.1) is 0 Å². The van der Waals surface area contributed by atoms with E-state index in [0.29, 0.717) is 5.69 Å². The summed E-state index contributed by atoms with van der Waals surface area (Å²) < 4.78 is 40.7. The monoisotopic (exact) mass is 322 g/mol. The lowest BCUT2D eigenvalue weighted by molar-refractivity contribution is -0.274. The lowest BCUT2D eigenvalue weighted by Gasteiger charge is -2.13. The van der Waals surface area contributed by atoms with Gasteiger partial charge >= 0.3 is 6.36 Å². The molecule has 23 heavy (non-hydrogen) atoms. The zero-order chi connectivity index (χ0) is 16.9. The molecule has 0 bridgehead atoms. The van der Waals surface area contributed by atoms with Crippen LogP contribution in [0.4, 0.5) is 24.5 Å². The Morgan fingerprint density at radius 3 is 2.30 bits per heavy atom. The summed E-state index contributed by atoms with van der Waals surface area (Å²) in [5.74, 6) is -0.261. The number of ether oxygens (including phenoxy) is 1. The van der Waals surface area contributed by atoms with Crippen LogP contribution in [0.5, 0.6) is 5.75 Å². The predicted molar refractivity (Wildman–Crippen MR) is 85.6 cm³/mol. The highest BCUT2D eigenvalue weighted by Crippen LogP contribution is 2.27. The van der Waals surface area contributed by atoms with Gasteiger partial charge in [-0.2, -0.15) is 0 Å². The number of anilines is 2. The van der Waals surface area contributed by atoms with Gasteiger partial charge in [0.15, 0.2) is 0 Å². The molecule has 0 atom stereocenters. The van der Waals surface area contributed by atoms with Crippen molar-refractivity contribution in [2.24, 2.45) is 0 Å². The summed E-state index contributed by atoms with van der Waals surface area (Å²) >= 11 is 0. The van der Waals surface area contributed by atoms with Gasteiger partial charge in [-0.3, -0.25) is 0 Å². The van der Waals surface area contributed by atoms with Crippen LogP contribution in [0.3, 0.4) is 0 Å². The number of rotatable bonds is 5. The first kappa shape index (κ1) is 16.7. The second-order valence-corrected chi connectivity index (χ2v) is 4.73. The van der Waals surface area contributed by atoms with Crippen LogP contribution in [0.25, 0.3) is 5.70 Å². The van der Waals surface area contributed by atoms with E-state index < -0.39 is 6.36 Å². The fraction of sp³-hybridized carbons (Fsp3) is 0.176. The van der Waals surface area contributed by atoms with Gasteiger partial charge in [0.1, 0.15) is 5.75 Å². The van der Waals surface area contributed by atoms with Crippen LogP contribution >= 0.6 is 0 Å². The third-order valence-electron chi connectivity index (χ3n) is 3.09. The minimum Gasteiger partial charge on any atom is -0.406 e. The molecular formula is C17H17F3N2O. The fourth-order valence-electron chi connectivity index (χ4n) is 2.16. The first-order valence-electron chi connectivity index (χ1n) is 6.98. The Morgan fingerprint density at radius 2 is 1.70 bits per heavy atom. The van der Waals surface area contributed by atoms with Crippen LogP contribution < -0.4 is 15.4 Å². The van der Waals surface area contributed by atoms with Crippen molar-refractivity contribution >= 4 is 17.1 Å². The zero-order valence-electron chi connectivity index (χ0n) is 12.7. The molecule has 0 radical (unpaired) electrons. The number of alkyl halides is 3. The average Bonchev–Trinajstić information content (AvgIpc) is 2.47. The van der Waals surface area contributed by atoms with E-state index in [9.17, 15) is 13.2 Å². The maximum absolute atomic E-state index is 12.3. The number of nitrogens with one attached hydrogen (secondary N) is 2. The molecule has 0 amide bonds. The second kappa shape index (κ2) is 7.09. The van der Waals surface area contributed by atoms with Crippen molar-refractivity contribution in [3.8, 4) is 5.75 Å². The Bertz CT molecular complexity index is 696. The Hall–Kier alpha value is -2.63. The van der Waals surface area contributed by atoms with Crippen molar-refractivity contribution in [2.45, 2.75) is 13.3 Å². The average molecular weight is 322 g/mol. The molecule has 2 aromatic rings. The summed E-state index contributed by atoms with van der Waals surface area (Å²) in [6, 6.07) is 13.3. The van der Waals surface area contributed by atoms with Gasteiger partial charge in [0.2, 0.25) is 0 Å². The van der Waals surface area contributed by atoms with E-state index in [4.69, 9.17) is 0 Å². The summed E-state index contributed by atoms with van der Waals surface area (Å²) in [6.45, 7) is 1.92. The highest BCUT2D eigenvalue weighted by Gasteiger charge is 2.31. The topological polar surface area (TPSA) is 33.3 Å². The van der Waals surface area contributed by atoms with Crippen LogP contribution in [-0.2, 0) is 0 Å². The lowest BCUT2D eigenvalue weighted by Crippen LogP contribution is -2.17. The Kier molecular flexibility index (Phi) is 5.16. The summed E-state index contributed by atoms with van der Waals surface area (Å²) in [5.41, 5.74) is 3.21. The van der Waals surface area contributed by atoms with E-state index >= 15 is 0 Å². The molecule has 0 heterocycles. The summed E-state index contributed by atoms with van der Waals surface area (Å²) in [5, 5.41) is 6.15. The number of benzene rings is 2. The maximum atomic E-state index is 12.3. The predicted octanol–water partition coefficient (Wildman–Crippen LogP) is 4.91. The molecule has 2 N–H and O–H groups in total. The molecule has 6 heteroatoms. The fourth-order valence-corrected chi connectivity index (χ4v) is 2.16. The van der Waals surface area contributed by atoms with Gasteiger partial charge < -0.3 is 15.4 Å². The summed E-state index contributed by atoms with van der Waals surface area (Å²) in [4.78, 5) is 0. The van der Waals surface area contributed by atoms with Gasteiger partial charge in [-0.15, -0.1) is 13.2 Å². The zero-order valence-corrected chi connectivity index (χ0v) is 12.7. The largest absolute Gasteiger partial charge is 0.573 e. The van der Waals surface area contributed by atoms with Gasteiger partial charge in [-0.1, -0.05) is 24.3 Å². The standard InChI is InChI=1S/C17H17F3N2O/c1-3-16(21-2)12-6-4-7-13(10-12)22-14-8-5-9-15(11-14)23-17(18,19)20/h3-11,21-22H,1-2H3/b16-3-. The van der Waals surface area contributed by atoms with Gasteiger partial charge in [0.05, 0.1) is 0 Å². The van der Waals surface area contributed by atoms with Crippen LogP contribution in [0.1, 0.15) is 12.5 Å². The van der Waals surface area contributed by atoms with Crippen molar-refractivity contribution < 1.29 is 17.9 Å². The number of hydrogen-bond acceptors (Lipinski definition) is 3.